The van der Waals surface area contributed by atoms with Crippen molar-refractivity contribution in [1.82, 2.24) is 15.5 Å². The molecule has 1 saturated heterocycles. The molecule has 6 heteroatoms. The zero-order valence-electron chi connectivity index (χ0n) is 17.2. The topological polar surface area (TPSA) is 66.0 Å². The van der Waals surface area contributed by atoms with Crippen LogP contribution in [0, 0.1) is 6.92 Å². The molecular formula is C21H34N4O2. The molecule has 27 heavy (non-hydrogen) atoms. The van der Waals surface area contributed by atoms with E-state index in [1.165, 1.54) is 5.56 Å². The molecule has 0 aliphatic carbocycles. The van der Waals surface area contributed by atoms with Gasteiger partial charge in [0.05, 0.1) is 7.11 Å². The fraction of sp³-hybridized carbons (Fsp3) is 0.619. The van der Waals surface area contributed by atoms with E-state index in [4.69, 9.17) is 4.74 Å². The van der Waals surface area contributed by atoms with Crippen LogP contribution in [0.1, 0.15) is 43.7 Å². The Hall–Kier alpha value is -2.24. The minimum atomic E-state index is 0.304. The maximum atomic E-state index is 11.9. The predicted octanol–water partition coefficient (Wildman–Crippen LogP) is 2.50. The summed E-state index contributed by atoms with van der Waals surface area (Å²) in [4.78, 5) is 18.3. The molecule has 2 rings (SSSR count). The van der Waals surface area contributed by atoms with Crippen molar-refractivity contribution in [2.45, 2.75) is 52.0 Å². The van der Waals surface area contributed by atoms with Gasteiger partial charge in [0, 0.05) is 39.1 Å². The summed E-state index contributed by atoms with van der Waals surface area (Å²) in [6.07, 6.45) is 4.54. The smallest absolute Gasteiger partial charge is 0.222 e. The van der Waals surface area contributed by atoms with Crippen LogP contribution in [-0.4, -0.2) is 56.6 Å². The number of amides is 1. The molecule has 1 aliphatic heterocycles. The van der Waals surface area contributed by atoms with Gasteiger partial charge >= 0.3 is 0 Å². The summed E-state index contributed by atoms with van der Waals surface area (Å²) in [5.41, 5.74) is 2.38. The van der Waals surface area contributed by atoms with E-state index in [-0.39, 0.29) is 0 Å². The minimum absolute atomic E-state index is 0.304. The van der Waals surface area contributed by atoms with Crippen LogP contribution in [-0.2, 0) is 11.2 Å². The molecule has 1 unspecified atom stereocenters. The fourth-order valence-electron chi connectivity index (χ4n) is 3.56. The van der Waals surface area contributed by atoms with E-state index in [0.717, 1.165) is 62.6 Å². The number of hydrogen-bond donors (Lipinski definition) is 2. The average molecular weight is 375 g/mol. The molecule has 0 saturated carbocycles. The summed E-state index contributed by atoms with van der Waals surface area (Å²) < 4.78 is 5.39. The lowest BCUT2D eigenvalue weighted by atomic mass is 10.1. The van der Waals surface area contributed by atoms with Crippen molar-refractivity contribution in [2.75, 3.05) is 33.8 Å². The van der Waals surface area contributed by atoms with Gasteiger partial charge in [-0.05, 0) is 49.8 Å². The van der Waals surface area contributed by atoms with Gasteiger partial charge in [-0.15, -0.1) is 0 Å². The lowest BCUT2D eigenvalue weighted by molar-refractivity contribution is -0.129. The van der Waals surface area contributed by atoms with Crippen molar-refractivity contribution in [3.05, 3.63) is 29.3 Å². The van der Waals surface area contributed by atoms with Crippen molar-refractivity contribution in [1.29, 1.82) is 0 Å². The molecule has 0 spiro atoms. The van der Waals surface area contributed by atoms with Crippen molar-refractivity contribution in [2.24, 2.45) is 4.99 Å². The van der Waals surface area contributed by atoms with Gasteiger partial charge in [-0.1, -0.05) is 19.1 Å². The van der Waals surface area contributed by atoms with Crippen LogP contribution in [0.4, 0.5) is 0 Å². The van der Waals surface area contributed by atoms with Crippen molar-refractivity contribution in [3.63, 3.8) is 0 Å². The molecular weight excluding hydrogens is 340 g/mol. The first-order chi connectivity index (χ1) is 13.1. The first-order valence-corrected chi connectivity index (χ1v) is 9.96. The highest BCUT2D eigenvalue weighted by Crippen LogP contribution is 2.19. The molecule has 0 radical (unpaired) electrons. The number of guanidine groups is 1. The molecule has 2 N–H and O–H groups in total. The zero-order valence-corrected chi connectivity index (χ0v) is 17.2. The second-order valence-electron chi connectivity index (χ2n) is 7.02. The highest BCUT2D eigenvalue weighted by Gasteiger charge is 2.26. The number of ether oxygens (including phenoxy) is 1. The lowest BCUT2D eigenvalue weighted by Gasteiger charge is -2.27. The van der Waals surface area contributed by atoms with E-state index < -0.39 is 0 Å². The zero-order chi connectivity index (χ0) is 19.6. The van der Waals surface area contributed by atoms with Gasteiger partial charge in [-0.25, -0.2) is 0 Å². The normalized spacial score (nSPS) is 15.8. The van der Waals surface area contributed by atoms with E-state index >= 15 is 0 Å². The maximum absolute atomic E-state index is 11.9. The summed E-state index contributed by atoms with van der Waals surface area (Å²) >= 11 is 0. The Kier molecular flexibility index (Phi) is 8.43. The second kappa shape index (κ2) is 10.8. The molecule has 1 aliphatic rings. The first kappa shape index (κ1) is 21.1. The van der Waals surface area contributed by atoms with Gasteiger partial charge in [0.15, 0.2) is 5.96 Å². The summed E-state index contributed by atoms with van der Waals surface area (Å²) in [7, 11) is 3.49. The standard InChI is InChI=1S/C21H34N4O2/c1-5-18(25-14-6-7-20(25)26)11-13-24-21(22-3)23-12-10-17-9-8-16(2)19(15-17)27-4/h8-9,15,18H,5-7,10-14H2,1-4H3,(H2,22,23,24). The summed E-state index contributed by atoms with van der Waals surface area (Å²) in [5, 5.41) is 6.72. The maximum Gasteiger partial charge on any atom is 0.222 e. The van der Waals surface area contributed by atoms with E-state index in [2.05, 4.69) is 40.7 Å². The Labute approximate surface area is 163 Å². The van der Waals surface area contributed by atoms with E-state index in [9.17, 15) is 4.79 Å². The molecule has 1 aromatic rings. The Bertz CT molecular complexity index is 645. The number of nitrogens with zero attached hydrogens (tertiary/aromatic N) is 2. The molecule has 1 aromatic carbocycles. The van der Waals surface area contributed by atoms with Gasteiger partial charge in [-0.3, -0.25) is 9.79 Å². The average Bonchev–Trinajstić information content (AvgIpc) is 3.10. The number of methoxy groups -OCH3 is 1. The minimum Gasteiger partial charge on any atom is -0.496 e. The van der Waals surface area contributed by atoms with Crippen LogP contribution in [0.5, 0.6) is 5.75 Å². The Balaban J connectivity index is 1.73. The SMILES string of the molecule is CCC(CCNC(=NC)NCCc1ccc(C)c(OC)c1)N1CCCC1=O. The molecule has 1 heterocycles. The van der Waals surface area contributed by atoms with Crippen LogP contribution >= 0.6 is 0 Å². The third-order valence-corrected chi connectivity index (χ3v) is 5.19. The molecule has 6 nitrogen and oxygen atoms in total. The molecule has 0 bridgehead atoms. The van der Waals surface area contributed by atoms with Gasteiger partial charge in [0.25, 0.3) is 0 Å². The van der Waals surface area contributed by atoms with Crippen LogP contribution < -0.4 is 15.4 Å². The van der Waals surface area contributed by atoms with Crippen molar-refractivity contribution < 1.29 is 9.53 Å². The van der Waals surface area contributed by atoms with Gasteiger partial charge < -0.3 is 20.3 Å². The van der Waals surface area contributed by atoms with Gasteiger partial charge in [-0.2, -0.15) is 0 Å². The summed E-state index contributed by atoms with van der Waals surface area (Å²) in [6, 6.07) is 6.64. The Morgan fingerprint density at radius 1 is 1.33 bits per heavy atom. The third-order valence-electron chi connectivity index (χ3n) is 5.19. The number of rotatable bonds is 9. The Morgan fingerprint density at radius 3 is 2.74 bits per heavy atom. The van der Waals surface area contributed by atoms with E-state index in [1.54, 1.807) is 14.2 Å². The molecule has 1 amide bonds. The largest absolute Gasteiger partial charge is 0.496 e. The summed E-state index contributed by atoms with van der Waals surface area (Å²) in [6.45, 7) is 6.71. The highest BCUT2D eigenvalue weighted by molar-refractivity contribution is 5.79. The Morgan fingerprint density at radius 2 is 2.11 bits per heavy atom. The van der Waals surface area contributed by atoms with E-state index in [0.29, 0.717) is 18.4 Å². The molecule has 1 atom stereocenters. The van der Waals surface area contributed by atoms with Crippen LogP contribution in [0.25, 0.3) is 0 Å². The second-order valence-corrected chi connectivity index (χ2v) is 7.02. The number of nitrogens with one attached hydrogen (secondary N) is 2. The molecule has 1 fully saturated rings. The number of likely N-dealkylation sites (tertiary alicyclic amines) is 1. The first-order valence-electron chi connectivity index (χ1n) is 9.96. The number of benzene rings is 1. The highest BCUT2D eigenvalue weighted by atomic mass is 16.5. The van der Waals surface area contributed by atoms with Gasteiger partial charge in [0.1, 0.15) is 5.75 Å². The lowest BCUT2D eigenvalue weighted by Crippen LogP contribution is -2.42. The van der Waals surface area contributed by atoms with Crippen LogP contribution in [0.15, 0.2) is 23.2 Å². The fourth-order valence-corrected chi connectivity index (χ4v) is 3.56. The number of hydrogen-bond acceptors (Lipinski definition) is 3. The van der Waals surface area contributed by atoms with Crippen molar-refractivity contribution >= 4 is 11.9 Å². The third kappa shape index (κ3) is 6.15. The number of carbonyl (C=O) groups excluding carboxylic acids is 1. The molecule has 150 valence electrons. The predicted molar refractivity (Wildman–Crippen MR) is 110 cm³/mol. The van der Waals surface area contributed by atoms with Crippen LogP contribution in [0.2, 0.25) is 0 Å². The number of carbonyl (C=O) groups is 1. The number of aryl methyl sites for hydroxylation is 1. The quantitative estimate of drug-likeness (QED) is 0.515. The molecule has 0 aromatic heterocycles. The van der Waals surface area contributed by atoms with Crippen LogP contribution in [0.3, 0.4) is 0 Å². The van der Waals surface area contributed by atoms with Gasteiger partial charge in [0.2, 0.25) is 5.91 Å². The monoisotopic (exact) mass is 374 g/mol. The van der Waals surface area contributed by atoms with Crippen molar-refractivity contribution in [3.8, 4) is 5.75 Å². The van der Waals surface area contributed by atoms with E-state index in [1.807, 2.05) is 11.8 Å². The number of aliphatic imine (C=N–C) groups is 1. The summed E-state index contributed by atoms with van der Waals surface area (Å²) in [5.74, 6) is 2.03.